The number of nitrogens with zero attached hydrogens (tertiary/aromatic N) is 3. The lowest BCUT2D eigenvalue weighted by Gasteiger charge is -2.01. The van der Waals surface area contributed by atoms with Crippen LogP contribution in [-0.2, 0) is 0 Å². The number of hydrogen-bond donors (Lipinski definition) is 1. The standard InChI is InChI=1S/C7H4F2N4O2/c8-5(9)4-1-3(2-10)7(13(14)15)12-6(4)11/h1,5H,(H2,11,12). The summed E-state index contributed by atoms with van der Waals surface area (Å²) in [6.45, 7) is 0. The first-order valence-corrected chi connectivity index (χ1v) is 3.60. The molecule has 0 saturated heterocycles. The Balaban J connectivity index is 3.44. The third-order valence-electron chi connectivity index (χ3n) is 1.59. The third-order valence-corrected chi connectivity index (χ3v) is 1.59. The van der Waals surface area contributed by atoms with Gasteiger partial charge >= 0.3 is 5.82 Å². The van der Waals surface area contributed by atoms with Gasteiger partial charge < -0.3 is 15.8 Å². The summed E-state index contributed by atoms with van der Waals surface area (Å²) in [6, 6.07) is 2.08. The number of nitrogen functional groups attached to an aromatic ring is 1. The number of aromatic nitrogens is 1. The summed E-state index contributed by atoms with van der Waals surface area (Å²) in [4.78, 5) is 12.5. The Morgan fingerprint density at radius 1 is 1.67 bits per heavy atom. The molecule has 0 saturated carbocycles. The summed E-state index contributed by atoms with van der Waals surface area (Å²) in [7, 11) is 0. The number of halogens is 2. The van der Waals surface area contributed by atoms with E-state index < -0.39 is 34.1 Å². The van der Waals surface area contributed by atoms with E-state index >= 15 is 0 Å². The molecule has 0 spiro atoms. The van der Waals surface area contributed by atoms with E-state index in [1.54, 1.807) is 0 Å². The second kappa shape index (κ2) is 3.83. The van der Waals surface area contributed by atoms with Gasteiger partial charge in [-0.3, -0.25) is 0 Å². The van der Waals surface area contributed by atoms with Gasteiger partial charge in [0.2, 0.25) is 5.82 Å². The number of pyridine rings is 1. The van der Waals surface area contributed by atoms with E-state index in [4.69, 9.17) is 11.0 Å². The van der Waals surface area contributed by atoms with Crippen LogP contribution < -0.4 is 5.73 Å². The van der Waals surface area contributed by atoms with E-state index in [0.717, 1.165) is 0 Å². The third kappa shape index (κ3) is 1.96. The van der Waals surface area contributed by atoms with Gasteiger partial charge in [-0.2, -0.15) is 5.26 Å². The van der Waals surface area contributed by atoms with E-state index in [9.17, 15) is 18.9 Å². The lowest BCUT2D eigenvalue weighted by atomic mass is 10.2. The fourth-order valence-corrected chi connectivity index (χ4v) is 0.929. The Bertz CT molecular complexity index is 455. The average molecular weight is 214 g/mol. The molecule has 1 aromatic heterocycles. The van der Waals surface area contributed by atoms with E-state index in [1.807, 2.05) is 0 Å². The summed E-state index contributed by atoms with van der Waals surface area (Å²) in [5, 5.41) is 18.8. The first-order valence-electron chi connectivity index (χ1n) is 3.60. The van der Waals surface area contributed by atoms with Gasteiger partial charge in [0, 0.05) is 0 Å². The molecule has 1 rings (SSSR count). The molecule has 0 unspecified atom stereocenters. The van der Waals surface area contributed by atoms with Crippen LogP contribution in [0.3, 0.4) is 0 Å². The molecule has 0 amide bonds. The lowest BCUT2D eigenvalue weighted by molar-refractivity contribution is -0.389. The molecule has 0 bridgehead atoms. The maximum absolute atomic E-state index is 12.3. The van der Waals surface area contributed by atoms with Crippen LogP contribution >= 0.6 is 0 Å². The zero-order valence-corrected chi connectivity index (χ0v) is 7.15. The molecular formula is C7H4F2N4O2. The highest BCUT2D eigenvalue weighted by atomic mass is 19.3. The van der Waals surface area contributed by atoms with Crippen LogP contribution in [0.4, 0.5) is 20.4 Å². The van der Waals surface area contributed by atoms with Crippen molar-refractivity contribution in [3.05, 3.63) is 27.3 Å². The second-order valence-electron chi connectivity index (χ2n) is 2.50. The smallest absolute Gasteiger partial charge is 0.362 e. The Morgan fingerprint density at radius 3 is 2.67 bits per heavy atom. The molecule has 0 fully saturated rings. The molecule has 2 N–H and O–H groups in total. The van der Waals surface area contributed by atoms with Crippen LogP contribution in [0.1, 0.15) is 17.6 Å². The van der Waals surface area contributed by atoms with Crippen molar-refractivity contribution in [2.75, 3.05) is 5.73 Å². The van der Waals surface area contributed by atoms with Crippen molar-refractivity contribution in [1.29, 1.82) is 5.26 Å². The minimum absolute atomic E-state index is 0.537. The molecule has 0 radical (unpaired) electrons. The summed E-state index contributed by atoms with van der Waals surface area (Å²) >= 11 is 0. The molecule has 15 heavy (non-hydrogen) atoms. The summed E-state index contributed by atoms with van der Waals surface area (Å²) in [5.74, 6) is -1.46. The van der Waals surface area contributed by atoms with Crippen LogP contribution in [0.15, 0.2) is 6.07 Å². The first-order chi connectivity index (χ1) is 6.97. The maximum atomic E-state index is 12.3. The van der Waals surface area contributed by atoms with E-state index in [2.05, 4.69) is 4.98 Å². The van der Waals surface area contributed by atoms with Gasteiger partial charge in [0.15, 0.2) is 5.56 Å². The van der Waals surface area contributed by atoms with Gasteiger partial charge in [-0.1, -0.05) is 0 Å². The van der Waals surface area contributed by atoms with Gasteiger partial charge in [0.1, 0.15) is 6.07 Å². The van der Waals surface area contributed by atoms with Crippen LogP contribution in [0.5, 0.6) is 0 Å². The zero-order valence-electron chi connectivity index (χ0n) is 7.15. The Hall–Kier alpha value is -2.30. The molecular weight excluding hydrogens is 210 g/mol. The highest BCUT2D eigenvalue weighted by Gasteiger charge is 2.24. The van der Waals surface area contributed by atoms with E-state index in [1.165, 1.54) is 6.07 Å². The summed E-state index contributed by atoms with van der Waals surface area (Å²) in [5.41, 5.74) is 3.86. The number of alkyl halides is 2. The van der Waals surface area contributed by atoms with Crippen LogP contribution in [0, 0.1) is 21.4 Å². The number of hydrogen-bond acceptors (Lipinski definition) is 5. The molecule has 6 nitrogen and oxygen atoms in total. The van der Waals surface area contributed by atoms with Gasteiger partial charge in [0.05, 0.1) is 5.56 Å². The topological polar surface area (TPSA) is 106 Å². The Kier molecular flexibility index (Phi) is 2.75. The van der Waals surface area contributed by atoms with Crippen molar-refractivity contribution in [2.45, 2.75) is 6.43 Å². The Labute approximate surface area is 82.1 Å². The molecule has 0 atom stereocenters. The van der Waals surface area contributed by atoms with Gasteiger partial charge in [0.25, 0.3) is 6.43 Å². The fourth-order valence-electron chi connectivity index (χ4n) is 0.929. The van der Waals surface area contributed by atoms with Crippen LogP contribution in [0.25, 0.3) is 0 Å². The average Bonchev–Trinajstić information content (AvgIpc) is 2.16. The van der Waals surface area contributed by atoms with Crippen molar-refractivity contribution in [3.63, 3.8) is 0 Å². The highest BCUT2D eigenvalue weighted by molar-refractivity contribution is 5.53. The monoisotopic (exact) mass is 214 g/mol. The predicted molar refractivity (Wildman–Crippen MR) is 45.0 cm³/mol. The minimum Gasteiger partial charge on any atom is -0.362 e. The minimum atomic E-state index is -2.93. The Morgan fingerprint density at radius 2 is 2.27 bits per heavy atom. The molecule has 8 heteroatoms. The number of anilines is 1. The van der Waals surface area contributed by atoms with Crippen molar-refractivity contribution < 1.29 is 13.7 Å². The molecule has 0 aliphatic carbocycles. The van der Waals surface area contributed by atoms with Crippen molar-refractivity contribution >= 4 is 11.6 Å². The normalized spacial score (nSPS) is 10.0. The van der Waals surface area contributed by atoms with Crippen molar-refractivity contribution in [3.8, 4) is 6.07 Å². The van der Waals surface area contributed by atoms with Crippen LogP contribution in [-0.4, -0.2) is 9.91 Å². The van der Waals surface area contributed by atoms with Crippen LogP contribution in [0.2, 0.25) is 0 Å². The fraction of sp³-hybridized carbons (Fsp3) is 0.143. The predicted octanol–water partition coefficient (Wildman–Crippen LogP) is 1.38. The maximum Gasteiger partial charge on any atom is 0.383 e. The number of rotatable bonds is 2. The molecule has 0 aromatic carbocycles. The molecule has 78 valence electrons. The second-order valence-corrected chi connectivity index (χ2v) is 2.50. The number of nitriles is 1. The molecule has 1 aromatic rings. The number of nitro groups is 1. The van der Waals surface area contributed by atoms with Crippen molar-refractivity contribution in [1.82, 2.24) is 4.98 Å². The van der Waals surface area contributed by atoms with E-state index in [-0.39, 0.29) is 0 Å². The molecule has 1 heterocycles. The summed E-state index contributed by atoms with van der Waals surface area (Å²) in [6.07, 6.45) is -2.93. The number of nitrogens with two attached hydrogens (primary N) is 1. The first kappa shape index (κ1) is 10.8. The lowest BCUT2D eigenvalue weighted by Crippen LogP contribution is -2.04. The van der Waals surface area contributed by atoms with Gasteiger partial charge in [-0.05, 0) is 16.0 Å². The molecule has 0 aliphatic rings. The van der Waals surface area contributed by atoms with Gasteiger partial charge in [-0.15, -0.1) is 0 Å². The van der Waals surface area contributed by atoms with E-state index in [0.29, 0.717) is 6.07 Å². The zero-order chi connectivity index (χ0) is 11.6. The SMILES string of the molecule is N#Cc1cc(C(F)F)c(N)nc1[N+](=O)[O-]. The highest BCUT2D eigenvalue weighted by Crippen LogP contribution is 2.28. The largest absolute Gasteiger partial charge is 0.383 e. The summed E-state index contributed by atoms with van der Waals surface area (Å²) < 4.78 is 24.6. The quantitative estimate of drug-likeness (QED) is 0.591. The van der Waals surface area contributed by atoms with Gasteiger partial charge in [-0.25, -0.2) is 8.78 Å². The van der Waals surface area contributed by atoms with Crippen molar-refractivity contribution in [2.24, 2.45) is 0 Å². The molecule has 0 aliphatic heterocycles.